The number of amides is 1. The molecule has 0 aromatic rings. The summed E-state index contributed by atoms with van der Waals surface area (Å²) in [5.74, 6) is -0.366. The summed E-state index contributed by atoms with van der Waals surface area (Å²) < 4.78 is 0. The van der Waals surface area contributed by atoms with Gasteiger partial charge in [0, 0.05) is 6.54 Å². The maximum Gasteiger partial charge on any atom is 0.265 e. The molecule has 0 heterocycles. The van der Waals surface area contributed by atoms with Crippen LogP contribution in [0.1, 0.15) is 12.8 Å². The molecule has 0 aliphatic carbocycles. The van der Waals surface area contributed by atoms with E-state index in [9.17, 15) is 4.79 Å². The highest BCUT2D eigenvalue weighted by Crippen LogP contribution is 1.81. The zero-order valence-electron chi connectivity index (χ0n) is 10.9. The van der Waals surface area contributed by atoms with Crippen LogP contribution in [0.2, 0.25) is 0 Å². The summed E-state index contributed by atoms with van der Waals surface area (Å²) in [4.78, 5) is 13.0. The van der Waals surface area contributed by atoms with E-state index in [0.717, 1.165) is 38.7 Å². The van der Waals surface area contributed by atoms with E-state index in [1.165, 1.54) is 0 Å². The molecule has 0 spiro atoms. The van der Waals surface area contributed by atoms with Crippen molar-refractivity contribution in [3.8, 4) is 0 Å². The Kier molecular flexibility index (Phi) is 20.6. The van der Waals surface area contributed by atoms with Crippen LogP contribution in [0, 0.1) is 0 Å². The van der Waals surface area contributed by atoms with Crippen molar-refractivity contribution in [1.82, 2.24) is 15.5 Å². The lowest BCUT2D eigenvalue weighted by atomic mass is 10.3. The Balaban J connectivity index is -0.00000112. The first-order chi connectivity index (χ1) is 7.66. The molecule has 1 amide bonds. The molecule has 0 aliphatic rings. The Bertz CT molecular complexity index is 216. The molecule has 0 radical (unpaired) electrons. The molecule has 0 saturated heterocycles. The minimum absolute atomic E-state index is 0. The lowest BCUT2D eigenvalue weighted by Crippen LogP contribution is -2.28. The van der Waals surface area contributed by atoms with E-state index >= 15 is 0 Å². The average Bonchev–Trinajstić information content (AvgIpc) is 2.22. The predicted molar refractivity (Wildman–Crippen MR) is 78.4 cm³/mol. The molecule has 0 aromatic carbocycles. The number of hydrogen-bond acceptors (Lipinski definition) is 5. The van der Waals surface area contributed by atoms with Gasteiger partial charge in [-0.1, -0.05) is 5.16 Å². The van der Waals surface area contributed by atoms with Gasteiger partial charge in [0.05, 0.1) is 0 Å². The highest BCUT2D eigenvalue weighted by Gasteiger charge is 1.95. The Labute approximate surface area is 121 Å². The highest BCUT2D eigenvalue weighted by molar-refractivity contribution is 6.25. The molecule has 3 N–H and O–H groups in total. The van der Waals surface area contributed by atoms with Crippen LogP contribution in [-0.2, 0) is 4.79 Å². The van der Waals surface area contributed by atoms with Crippen molar-refractivity contribution < 1.29 is 10.0 Å². The van der Waals surface area contributed by atoms with Gasteiger partial charge in [0.1, 0.15) is 6.21 Å². The molecule has 8 heteroatoms. The standard InChI is InChI=1S/C10H22N4O2.2ClH/c1-14(2)8-4-6-11-5-3-7-12-10(15)9-13-16;;/h9,11,16H,3-8H2,1-2H3,(H,12,15);2*1H/b13-9+;;. The summed E-state index contributed by atoms with van der Waals surface area (Å²) in [7, 11) is 4.11. The summed E-state index contributed by atoms with van der Waals surface area (Å²) in [6.45, 7) is 3.54. The van der Waals surface area contributed by atoms with Crippen LogP contribution in [0.3, 0.4) is 0 Å². The second-order valence-corrected chi connectivity index (χ2v) is 3.80. The Morgan fingerprint density at radius 3 is 2.39 bits per heavy atom. The SMILES string of the molecule is CN(C)CCCNCCCNC(=O)/C=N/O.Cl.Cl. The quantitative estimate of drug-likeness (QED) is 0.248. The van der Waals surface area contributed by atoms with Crippen molar-refractivity contribution >= 4 is 36.9 Å². The van der Waals surface area contributed by atoms with E-state index in [2.05, 4.69) is 34.8 Å². The lowest BCUT2D eigenvalue weighted by Gasteiger charge is -2.09. The van der Waals surface area contributed by atoms with E-state index in [4.69, 9.17) is 5.21 Å². The molecule has 0 atom stereocenters. The predicted octanol–water partition coefficient (Wildman–Crippen LogP) is 0.338. The minimum Gasteiger partial charge on any atom is -0.411 e. The number of oxime groups is 1. The van der Waals surface area contributed by atoms with Crippen LogP contribution in [0.25, 0.3) is 0 Å². The summed E-state index contributed by atoms with van der Waals surface area (Å²) in [6, 6.07) is 0. The van der Waals surface area contributed by atoms with Crippen LogP contribution in [-0.4, -0.2) is 62.5 Å². The lowest BCUT2D eigenvalue weighted by molar-refractivity contribution is -0.114. The van der Waals surface area contributed by atoms with Gasteiger partial charge in [0.2, 0.25) is 0 Å². The van der Waals surface area contributed by atoms with Gasteiger partial charge >= 0.3 is 0 Å². The second-order valence-electron chi connectivity index (χ2n) is 3.80. The highest BCUT2D eigenvalue weighted by atomic mass is 35.5. The molecule has 0 rings (SSSR count). The number of nitrogens with one attached hydrogen (secondary N) is 2. The molecule has 0 fully saturated rings. The van der Waals surface area contributed by atoms with Gasteiger partial charge in [-0.25, -0.2) is 0 Å². The molecule has 0 bridgehead atoms. The first-order valence-corrected chi connectivity index (χ1v) is 5.47. The third-order valence-corrected chi connectivity index (χ3v) is 1.96. The smallest absolute Gasteiger partial charge is 0.265 e. The Hall–Kier alpha value is -0.560. The zero-order valence-corrected chi connectivity index (χ0v) is 12.5. The van der Waals surface area contributed by atoms with E-state index in [0.29, 0.717) is 6.54 Å². The fourth-order valence-electron chi connectivity index (χ4n) is 1.17. The van der Waals surface area contributed by atoms with Crippen LogP contribution in [0.15, 0.2) is 5.16 Å². The first-order valence-electron chi connectivity index (χ1n) is 5.47. The molecule has 0 unspecified atom stereocenters. The van der Waals surface area contributed by atoms with Gasteiger partial charge in [-0.3, -0.25) is 4.79 Å². The largest absolute Gasteiger partial charge is 0.411 e. The van der Waals surface area contributed by atoms with E-state index in [-0.39, 0.29) is 30.7 Å². The summed E-state index contributed by atoms with van der Waals surface area (Å²) in [5.41, 5.74) is 0. The fraction of sp³-hybridized carbons (Fsp3) is 0.800. The average molecular weight is 303 g/mol. The van der Waals surface area contributed by atoms with E-state index in [1.54, 1.807) is 0 Å². The van der Waals surface area contributed by atoms with Crippen molar-refractivity contribution in [3.63, 3.8) is 0 Å². The van der Waals surface area contributed by atoms with Gasteiger partial charge in [0.25, 0.3) is 5.91 Å². The molecule has 0 saturated carbocycles. The molecule has 0 aliphatic heterocycles. The van der Waals surface area contributed by atoms with Crippen molar-refractivity contribution in [2.24, 2.45) is 5.16 Å². The first kappa shape index (κ1) is 22.6. The van der Waals surface area contributed by atoms with Gasteiger partial charge in [-0.05, 0) is 46.6 Å². The van der Waals surface area contributed by atoms with Crippen molar-refractivity contribution in [2.45, 2.75) is 12.8 Å². The van der Waals surface area contributed by atoms with Crippen LogP contribution in [0.4, 0.5) is 0 Å². The van der Waals surface area contributed by atoms with Gasteiger partial charge in [-0.15, -0.1) is 24.8 Å². The summed E-state index contributed by atoms with van der Waals surface area (Å²) in [6.07, 6.45) is 2.84. The third kappa shape index (κ3) is 17.8. The number of nitrogens with zero attached hydrogens (tertiary/aromatic N) is 2. The number of hydrogen-bond donors (Lipinski definition) is 3. The van der Waals surface area contributed by atoms with Crippen molar-refractivity contribution in [2.75, 3.05) is 40.3 Å². The number of rotatable bonds is 9. The summed E-state index contributed by atoms with van der Waals surface area (Å²) >= 11 is 0. The topological polar surface area (TPSA) is 77.0 Å². The number of halogens is 2. The van der Waals surface area contributed by atoms with E-state index < -0.39 is 0 Å². The monoisotopic (exact) mass is 302 g/mol. The van der Waals surface area contributed by atoms with Crippen LogP contribution >= 0.6 is 24.8 Å². The maximum absolute atomic E-state index is 10.8. The van der Waals surface area contributed by atoms with Crippen molar-refractivity contribution in [3.05, 3.63) is 0 Å². The Morgan fingerprint density at radius 1 is 1.22 bits per heavy atom. The van der Waals surface area contributed by atoms with Gasteiger partial charge < -0.3 is 20.7 Å². The molecule has 0 aromatic heterocycles. The zero-order chi connectivity index (χ0) is 12.2. The second kappa shape index (κ2) is 16.4. The fourth-order valence-corrected chi connectivity index (χ4v) is 1.17. The number of carbonyl (C=O) groups is 1. The molecule has 18 heavy (non-hydrogen) atoms. The van der Waals surface area contributed by atoms with Gasteiger partial charge in [-0.2, -0.15) is 0 Å². The third-order valence-electron chi connectivity index (χ3n) is 1.96. The van der Waals surface area contributed by atoms with E-state index in [1.807, 2.05) is 0 Å². The molecule has 110 valence electrons. The van der Waals surface area contributed by atoms with Crippen LogP contribution in [0.5, 0.6) is 0 Å². The Morgan fingerprint density at radius 2 is 1.83 bits per heavy atom. The van der Waals surface area contributed by atoms with Gasteiger partial charge in [0.15, 0.2) is 0 Å². The minimum atomic E-state index is -0.366. The summed E-state index contributed by atoms with van der Waals surface area (Å²) in [5, 5.41) is 16.6. The molecular formula is C10H24Cl2N4O2. The van der Waals surface area contributed by atoms with Crippen LogP contribution < -0.4 is 10.6 Å². The van der Waals surface area contributed by atoms with Crippen molar-refractivity contribution in [1.29, 1.82) is 0 Å². The molecule has 6 nitrogen and oxygen atoms in total. The normalized spacial score (nSPS) is 9.94. The number of carbonyl (C=O) groups excluding carboxylic acids is 1. The molecular weight excluding hydrogens is 279 g/mol. The maximum atomic E-state index is 10.8.